The van der Waals surface area contributed by atoms with Gasteiger partial charge in [-0.15, -0.1) is 11.3 Å². The molecule has 2 N–H and O–H groups in total. The molecule has 1 aliphatic rings. The van der Waals surface area contributed by atoms with E-state index in [0.717, 1.165) is 17.0 Å². The number of benzene rings is 1. The number of nitrogen functional groups attached to an aromatic ring is 1. The summed E-state index contributed by atoms with van der Waals surface area (Å²) in [5.74, 6) is 0.951. The maximum Gasteiger partial charge on any atom is 0.180 e. The fourth-order valence-electron chi connectivity index (χ4n) is 2.32. The van der Waals surface area contributed by atoms with Gasteiger partial charge in [-0.3, -0.25) is 0 Å². The number of thiazole rings is 1. The Morgan fingerprint density at radius 2 is 2.06 bits per heavy atom. The largest absolute Gasteiger partial charge is 0.375 e. The van der Waals surface area contributed by atoms with Crippen molar-refractivity contribution >= 4 is 27.5 Å². The topological polar surface area (TPSA) is 56.7 Å². The number of hydrogen-bond donors (Lipinski definition) is 1. The van der Waals surface area contributed by atoms with E-state index in [4.69, 9.17) is 10.7 Å². The number of rotatable bonds is 2. The van der Waals surface area contributed by atoms with Gasteiger partial charge < -0.3 is 10.3 Å². The molecule has 0 atom stereocenters. The van der Waals surface area contributed by atoms with E-state index in [1.165, 1.54) is 29.7 Å². The quantitative estimate of drug-likeness (QED) is 0.766. The van der Waals surface area contributed by atoms with Crippen molar-refractivity contribution in [1.82, 2.24) is 14.5 Å². The molecule has 2 heterocycles. The molecule has 4 rings (SSSR count). The van der Waals surface area contributed by atoms with E-state index >= 15 is 0 Å². The van der Waals surface area contributed by atoms with Gasteiger partial charge >= 0.3 is 0 Å². The van der Waals surface area contributed by atoms with Crippen LogP contribution in [-0.2, 0) is 0 Å². The summed E-state index contributed by atoms with van der Waals surface area (Å²) in [6.45, 7) is 0. The molecule has 2 aromatic heterocycles. The van der Waals surface area contributed by atoms with Crippen molar-refractivity contribution in [3.05, 3.63) is 29.6 Å². The normalized spacial score (nSPS) is 15.3. The van der Waals surface area contributed by atoms with Crippen LogP contribution in [-0.4, -0.2) is 14.5 Å². The van der Waals surface area contributed by atoms with E-state index in [1.807, 2.05) is 17.5 Å². The van der Waals surface area contributed by atoms with E-state index in [-0.39, 0.29) is 0 Å². The molecule has 0 amide bonds. The molecule has 0 radical (unpaired) electrons. The number of anilines is 1. The number of hydrogen-bond acceptors (Lipinski definition) is 4. The highest BCUT2D eigenvalue weighted by Gasteiger charge is 2.29. The summed E-state index contributed by atoms with van der Waals surface area (Å²) in [6, 6.07) is 8.83. The van der Waals surface area contributed by atoms with Crippen LogP contribution in [0.25, 0.3) is 22.6 Å². The van der Waals surface area contributed by atoms with Crippen molar-refractivity contribution in [2.24, 2.45) is 0 Å². The fraction of sp³-hybridized carbons (Fsp3) is 0.231. The molecule has 18 heavy (non-hydrogen) atoms. The second-order valence-corrected chi connectivity index (χ2v) is 5.49. The molecule has 5 heteroatoms. The summed E-state index contributed by atoms with van der Waals surface area (Å²) in [5, 5.41) is 2.58. The first-order chi connectivity index (χ1) is 8.83. The minimum Gasteiger partial charge on any atom is -0.375 e. The molecular weight excluding hydrogens is 244 g/mol. The Morgan fingerprint density at radius 1 is 1.22 bits per heavy atom. The number of nitrogens with zero attached hydrogens (tertiary/aromatic N) is 3. The highest BCUT2D eigenvalue weighted by atomic mass is 32.1. The Morgan fingerprint density at radius 3 is 2.78 bits per heavy atom. The summed E-state index contributed by atoms with van der Waals surface area (Å²) < 4.78 is 2.31. The van der Waals surface area contributed by atoms with Gasteiger partial charge in [-0.05, 0) is 25.0 Å². The zero-order chi connectivity index (χ0) is 12.1. The number of nitrogens with two attached hydrogens (primary N) is 1. The van der Waals surface area contributed by atoms with Crippen molar-refractivity contribution in [1.29, 1.82) is 0 Å². The van der Waals surface area contributed by atoms with Crippen molar-refractivity contribution in [2.45, 2.75) is 18.9 Å². The maximum absolute atomic E-state index is 5.72. The molecule has 1 saturated carbocycles. The van der Waals surface area contributed by atoms with Crippen LogP contribution in [0.15, 0.2) is 29.6 Å². The highest BCUT2D eigenvalue weighted by molar-refractivity contribution is 7.13. The minimum atomic E-state index is 0.579. The molecule has 0 bridgehead atoms. The lowest BCUT2D eigenvalue weighted by atomic mass is 10.3. The van der Waals surface area contributed by atoms with Gasteiger partial charge in [-0.1, -0.05) is 12.1 Å². The van der Waals surface area contributed by atoms with Crippen LogP contribution in [0.2, 0.25) is 0 Å². The third-order valence-electron chi connectivity index (χ3n) is 3.26. The van der Waals surface area contributed by atoms with Gasteiger partial charge in [-0.25, -0.2) is 9.97 Å². The zero-order valence-electron chi connectivity index (χ0n) is 9.71. The van der Waals surface area contributed by atoms with Gasteiger partial charge in [-0.2, -0.15) is 0 Å². The second kappa shape index (κ2) is 3.55. The van der Waals surface area contributed by atoms with Crippen molar-refractivity contribution in [3.63, 3.8) is 0 Å². The predicted octanol–water partition coefficient (Wildman–Crippen LogP) is 3.08. The second-order valence-electron chi connectivity index (χ2n) is 4.60. The molecule has 0 saturated heterocycles. The van der Waals surface area contributed by atoms with Crippen LogP contribution < -0.4 is 5.73 Å². The first-order valence-electron chi connectivity index (χ1n) is 6.01. The van der Waals surface area contributed by atoms with Crippen LogP contribution in [0, 0.1) is 0 Å². The molecule has 90 valence electrons. The van der Waals surface area contributed by atoms with Gasteiger partial charge in [0.15, 0.2) is 11.0 Å². The SMILES string of the molecule is Nc1nc(-c2nc3ccccc3n2C2CC2)cs1. The average molecular weight is 256 g/mol. The van der Waals surface area contributed by atoms with Crippen molar-refractivity contribution in [3.8, 4) is 11.5 Å². The zero-order valence-corrected chi connectivity index (χ0v) is 10.5. The first-order valence-corrected chi connectivity index (χ1v) is 6.89. The van der Waals surface area contributed by atoms with Crippen molar-refractivity contribution < 1.29 is 0 Å². The van der Waals surface area contributed by atoms with E-state index in [9.17, 15) is 0 Å². The Balaban J connectivity index is 2.01. The lowest BCUT2D eigenvalue weighted by Crippen LogP contribution is -1.97. The van der Waals surface area contributed by atoms with Gasteiger partial charge in [0.2, 0.25) is 0 Å². The Bertz CT molecular complexity index is 724. The number of imidazole rings is 1. The number of fused-ring (bicyclic) bond motifs is 1. The van der Waals surface area contributed by atoms with Crippen LogP contribution in [0.1, 0.15) is 18.9 Å². The Hall–Kier alpha value is -1.88. The molecule has 0 spiro atoms. The van der Waals surface area contributed by atoms with Crippen LogP contribution in [0.4, 0.5) is 5.13 Å². The molecule has 1 fully saturated rings. The average Bonchev–Trinajstić information content (AvgIpc) is 3.00. The molecular formula is C13H12N4S. The third-order valence-corrected chi connectivity index (χ3v) is 3.93. The van der Waals surface area contributed by atoms with E-state index in [0.29, 0.717) is 11.2 Å². The summed E-state index contributed by atoms with van der Waals surface area (Å²) in [7, 11) is 0. The van der Waals surface area contributed by atoms with Crippen LogP contribution in [0.3, 0.4) is 0 Å². The fourth-order valence-corrected chi connectivity index (χ4v) is 2.86. The maximum atomic E-state index is 5.72. The number of aromatic nitrogens is 3. The van der Waals surface area contributed by atoms with E-state index < -0.39 is 0 Å². The smallest absolute Gasteiger partial charge is 0.180 e. The number of para-hydroxylation sites is 2. The Kier molecular flexibility index (Phi) is 1.99. The van der Waals surface area contributed by atoms with Gasteiger partial charge in [0.25, 0.3) is 0 Å². The lowest BCUT2D eigenvalue weighted by Gasteiger charge is -2.04. The molecule has 3 aromatic rings. The standard InChI is InChI=1S/C13H12N4S/c14-13-16-10(7-18-13)12-15-9-3-1-2-4-11(9)17(12)8-5-6-8/h1-4,7-8H,5-6H2,(H2,14,16). The van der Waals surface area contributed by atoms with Crippen LogP contribution in [0.5, 0.6) is 0 Å². The molecule has 0 aliphatic heterocycles. The van der Waals surface area contributed by atoms with E-state index in [1.54, 1.807) is 0 Å². The molecule has 0 unspecified atom stereocenters. The van der Waals surface area contributed by atoms with Gasteiger partial charge in [0, 0.05) is 11.4 Å². The minimum absolute atomic E-state index is 0.579. The summed E-state index contributed by atoms with van der Waals surface area (Å²) in [6.07, 6.45) is 2.46. The highest BCUT2D eigenvalue weighted by Crippen LogP contribution is 2.41. The molecule has 1 aromatic carbocycles. The Labute approximate surface area is 108 Å². The first kappa shape index (κ1) is 10.1. The summed E-state index contributed by atoms with van der Waals surface area (Å²) in [4.78, 5) is 9.07. The summed E-state index contributed by atoms with van der Waals surface area (Å²) >= 11 is 1.46. The molecule has 4 nitrogen and oxygen atoms in total. The molecule has 1 aliphatic carbocycles. The lowest BCUT2D eigenvalue weighted by molar-refractivity contribution is 0.773. The van der Waals surface area contributed by atoms with E-state index in [2.05, 4.69) is 21.7 Å². The monoisotopic (exact) mass is 256 g/mol. The van der Waals surface area contributed by atoms with Crippen LogP contribution >= 0.6 is 11.3 Å². The van der Waals surface area contributed by atoms with Gasteiger partial charge in [0.05, 0.1) is 11.0 Å². The third kappa shape index (κ3) is 1.44. The van der Waals surface area contributed by atoms with Gasteiger partial charge in [0.1, 0.15) is 5.69 Å². The van der Waals surface area contributed by atoms with Crippen molar-refractivity contribution in [2.75, 3.05) is 5.73 Å². The summed E-state index contributed by atoms with van der Waals surface area (Å²) in [5.41, 5.74) is 8.84. The predicted molar refractivity (Wildman–Crippen MR) is 73.5 cm³/mol.